The van der Waals surface area contributed by atoms with Crippen LogP contribution in [0, 0.1) is 0 Å². The van der Waals surface area contributed by atoms with Crippen LogP contribution in [-0.4, -0.2) is 45.7 Å². The molecule has 2 rings (SSSR count). The number of carbonyl (C=O) groups excluding carboxylic acids is 1. The van der Waals surface area contributed by atoms with Crippen LogP contribution in [0.25, 0.3) is 0 Å². The van der Waals surface area contributed by atoms with Gasteiger partial charge in [0.05, 0.1) is 6.42 Å². The number of aliphatic carboxylic acids is 1. The van der Waals surface area contributed by atoms with Crippen LogP contribution in [0.3, 0.4) is 0 Å². The smallest absolute Gasteiger partial charge is 0.410 e. The van der Waals surface area contributed by atoms with Crippen molar-refractivity contribution in [2.75, 3.05) is 13.1 Å². The highest BCUT2D eigenvalue weighted by Crippen LogP contribution is 2.27. The van der Waals surface area contributed by atoms with E-state index in [0.29, 0.717) is 19.5 Å². The monoisotopic (exact) mass is 334 g/mol. The quantitative estimate of drug-likeness (QED) is 0.914. The summed E-state index contributed by atoms with van der Waals surface area (Å²) in [4.78, 5) is 29.3. The maximum Gasteiger partial charge on any atom is 0.410 e. The highest BCUT2D eigenvalue weighted by molar-refractivity contribution is 5.68. The van der Waals surface area contributed by atoms with Gasteiger partial charge < -0.3 is 14.7 Å². The summed E-state index contributed by atoms with van der Waals surface area (Å²) in [6, 6.07) is 5.71. The van der Waals surface area contributed by atoms with Crippen molar-refractivity contribution in [2.24, 2.45) is 0 Å². The lowest BCUT2D eigenvalue weighted by atomic mass is 9.94. The fraction of sp³-hybridized carbons (Fsp3) is 0.611. The Balaban J connectivity index is 2.02. The van der Waals surface area contributed by atoms with E-state index >= 15 is 0 Å². The van der Waals surface area contributed by atoms with E-state index in [1.165, 1.54) is 0 Å². The topological polar surface area (TPSA) is 79.7 Å². The van der Waals surface area contributed by atoms with Gasteiger partial charge in [0.15, 0.2) is 0 Å². The Morgan fingerprint density at radius 3 is 2.79 bits per heavy atom. The zero-order valence-corrected chi connectivity index (χ0v) is 14.6. The second-order valence-corrected chi connectivity index (χ2v) is 7.21. The molecule has 132 valence electrons. The van der Waals surface area contributed by atoms with Gasteiger partial charge in [-0.1, -0.05) is 6.07 Å². The van der Waals surface area contributed by atoms with Crippen LogP contribution < -0.4 is 0 Å². The average molecular weight is 334 g/mol. The summed E-state index contributed by atoms with van der Waals surface area (Å²) in [6.45, 7) is 6.87. The molecule has 1 aromatic rings. The molecule has 1 aliphatic rings. The highest BCUT2D eigenvalue weighted by Gasteiger charge is 2.28. The number of amides is 1. The maximum absolute atomic E-state index is 12.3. The molecule has 0 unspecified atom stereocenters. The number of nitrogens with zero attached hydrogens (tertiary/aromatic N) is 2. The van der Waals surface area contributed by atoms with Crippen molar-refractivity contribution in [3.63, 3.8) is 0 Å². The molecule has 6 nitrogen and oxygen atoms in total. The molecule has 1 N–H and O–H groups in total. The van der Waals surface area contributed by atoms with Crippen molar-refractivity contribution in [2.45, 2.75) is 58.0 Å². The first kappa shape index (κ1) is 18.2. The number of hydrogen-bond donors (Lipinski definition) is 1. The number of carbonyl (C=O) groups is 2. The number of ether oxygens (including phenoxy) is 1. The Morgan fingerprint density at radius 2 is 2.12 bits per heavy atom. The van der Waals surface area contributed by atoms with Crippen molar-refractivity contribution in [1.82, 2.24) is 9.88 Å². The van der Waals surface area contributed by atoms with Gasteiger partial charge in [0.1, 0.15) is 5.60 Å². The summed E-state index contributed by atoms with van der Waals surface area (Å²) in [6.07, 6.45) is 2.09. The van der Waals surface area contributed by atoms with Gasteiger partial charge in [0.25, 0.3) is 0 Å². The summed E-state index contributed by atoms with van der Waals surface area (Å²) in [7, 11) is 0. The van der Waals surface area contributed by atoms with Gasteiger partial charge in [-0.3, -0.25) is 9.78 Å². The fourth-order valence-electron chi connectivity index (χ4n) is 2.81. The largest absolute Gasteiger partial charge is 0.481 e. The summed E-state index contributed by atoms with van der Waals surface area (Å²) in [5, 5.41) is 8.80. The summed E-state index contributed by atoms with van der Waals surface area (Å²) in [5.41, 5.74) is 1.20. The molecule has 24 heavy (non-hydrogen) atoms. The van der Waals surface area contributed by atoms with Gasteiger partial charge in [0, 0.05) is 36.8 Å². The van der Waals surface area contributed by atoms with E-state index in [9.17, 15) is 9.59 Å². The SMILES string of the molecule is CC(C)(C)OC(=O)N1CCC[C@H](c2cccc(CCC(=O)O)n2)C1. The van der Waals surface area contributed by atoms with Gasteiger partial charge in [-0.25, -0.2) is 4.79 Å². The predicted molar refractivity (Wildman–Crippen MR) is 90.0 cm³/mol. The zero-order valence-electron chi connectivity index (χ0n) is 14.6. The molecule has 0 aromatic carbocycles. The molecular weight excluding hydrogens is 308 g/mol. The standard InChI is InChI=1S/C18H26N2O4/c1-18(2,3)24-17(23)20-11-5-6-13(12-20)15-8-4-7-14(19-15)9-10-16(21)22/h4,7-8,13H,5-6,9-12H2,1-3H3,(H,21,22)/t13-/m0/s1. The average Bonchev–Trinajstić information content (AvgIpc) is 2.52. The number of carboxylic acids is 1. The molecule has 1 atom stereocenters. The molecular formula is C18H26N2O4. The van der Waals surface area contributed by atoms with Crippen molar-refractivity contribution < 1.29 is 19.4 Å². The van der Waals surface area contributed by atoms with E-state index < -0.39 is 11.6 Å². The molecule has 1 aromatic heterocycles. The minimum absolute atomic E-state index is 0.0746. The van der Waals surface area contributed by atoms with Crippen LogP contribution in [0.1, 0.15) is 57.3 Å². The van der Waals surface area contributed by atoms with Gasteiger partial charge in [-0.2, -0.15) is 0 Å². The molecule has 1 amide bonds. The third kappa shape index (κ3) is 5.51. The number of likely N-dealkylation sites (tertiary alicyclic amines) is 1. The number of pyridine rings is 1. The van der Waals surface area contributed by atoms with Gasteiger partial charge in [-0.05, 0) is 45.7 Å². The Bertz CT molecular complexity index is 595. The minimum Gasteiger partial charge on any atom is -0.481 e. The second-order valence-electron chi connectivity index (χ2n) is 7.21. The molecule has 6 heteroatoms. The zero-order chi connectivity index (χ0) is 17.7. The normalized spacial score (nSPS) is 18.3. The van der Waals surface area contributed by atoms with Crippen molar-refractivity contribution in [3.8, 4) is 0 Å². The second kappa shape index (κ2) is 7.64. The molecule has 1 aliphatic heterocycles. The molecule has 1 saturated heterocycles. The van der Waals surface area contributed by atoms with E-state index in [-0.39, 0.29) is 18.4 Å². The van der Waals surface area contributed by atoms with Crippen LogP contribution in [0.15, 0.2) is 18.2 Å². The number of rotatable bonds is 4. The van der Waals surface area contributed by atoms with Crippen LogP contribution in [0.2, 0.25) is 0 Å². The number of carboxylic acid groups (broad SMARTS) is 1. The predicted octanol–water partition coefficient (Wildman–Crippen LogP) is 3.21. The van der Waals surface area contributed by atoms with E-state index in [1.54, 1.807) is 4.90 Å². The summed E-state index contributed by atoms with van der Waals surface area (Å²) < 4.78 is 5.45. The number of hydrogen-bond acceptors (Lipinski definition) is 4. The Morgan fingerprint density at radius 1 is 1.38 bits per heavy atom. The van der Waals surface area contributed by atoms with E-state index in [2.05, 4.69) is 4.98 Å². The third-order valence-corrected chi connectivity index (χ3v) is 3.91. The number of aromatic nitrogens is 1. The van der Waals surface area contributed by atoms with Crippen LogP contribution in [0.4, 0.5) is 4.79 Å². The summed E-state index contributed by atoms with van der Waals surface area (Å²) in [5.74, 6) is -0.660. The first-order valence-electron chi connectivity index (χ1n) is 8.40. The minimum atomic E-state index is -0.823. The molecule has 0 radical (unpaired) electrons. The van der Waals surface area contributed by atoms with Crippen LogP contribution >= 0.6 is 0 Å². The van der Waals surface area contributed by atoms with Crippen molar-refractivity contribution >= 4 is 12.1 Å². The van der Waals surface area contributed by atoms with Crippen molar-refractivity contribution in [3.05, 3.63) is 29.6 Å². The van der Waals surface area contributed by atoms with Crippen LogP contribution in [-0.2, 0) is 16.0 Å². The lowest BCUT2D eigenvalue weighted by Crippen LogP contribution is -2.42. The van der Waals surface area contributed by atoms with Crippen molar-refractivity contribution in [1.29, 1.82) is 0 Å². The van der Waals surface area contributed by atoms with Crippen LogP contribution in [0.5, 0.6) is 0 Å². The maximum atomic E-state index is 12.3. The number of aryl methyl sites for hydroxylation is 1. The van der Waals surface area contributed by atoms with Gasteiger partial charge >= 0.3 is 12.1 Å². The molecule has 0 saturated carbocycles. The Hall–Kier alpha value is -2.11. The lowest BCUT2D eigenvalue weighted by molar-refractivity contribution is -0.136. The lowest BCUT2D eigenvalue weighted by Gasteiger charge is -2.34. The summed E-state index contributed by atoms with van der Waals surface area (Å²) >= 11 is 0. The molecule has 0 aliphatic carbocycles. The molecule has 0 bridgehead atoms. The van der Waals surface area contributed by atoms with Gasteiger partial charge in [-0.15, -0.1) is 0 Å². The van der Waals surface area contributed by atoms with E-state index in [4.69, 9.17) is 9.84 Å². The van der Waals surface area contributed by atoms with E-state index in [1.807, 2.05) is 39.0 Å². The molecule has 1 fully saturated rings. The Labute approximate surface area is 142 Å². The third-order valence-electron chi connectivity index (χ3n) is 3.91. The fourth-order valence-corrected chi connectivity index (χ4v) is 2.81. The first-order chi connectivity index (χ1) is 11.2. The van der Waals surface area contributed by atoms with Gasteiger partial charge in [0.2, 0.25) is 0 Å². The number of piperidine rings is 1. The first-order valence-corrected chi connectivity index (χ1v) is 8.40. The Kier molecular flexibility index (Phi) is 5.80. The van der Waals surface area contributed by atoms with E-state index in [0.717, 1.165) is 24.2 Å². The highest BCUT2D eigenvalue weighted by atomic mass is 16.6. The molecule has 0 spiro atoms. The molecule has 2 heterocycles.